The van der Waals surface area contributed by atoms with Crippen LogP contribution in [0.25, 0.3) is 11.1 Å². The van der Waals surface area contributed by atoms with Crippen LogP contribution in [-0.2, 0) is 14.8 Å². The number of nitrogens with one attached hydrogen (secondary N) is 2. The second-order valence-corrected chi connectivity index (χ2v) is 11.9. The standard InChI is InChI=1S/C29H32N4O3S/c1-29(2,3)32-37(35,36)27-13-5-4-11-25(27)22-14-16-23(17-15-22)31-28(34)26-12-6-7-18-33(26)24-10-8-9-21(19-24)20-30/h4-5,8-11,13-17,19,26,32H,6-7,12,18H2,1-3H3,(H,31,34). The molecule has 0 saturated carbocycles. The van der Waals surface area contributed by atoms with Crippen LogP contribution < -0.4 is 14.9 Å². The molecule has 3 aromatic rings. The second-order valence-electron chi connectivity index (χ2n) is 10.3. The minimum atomic E-state index is -3.72. The molecule has 1 atom stereocenters. The Morgan fingerprint density at radius 2 is 1.73 bits per heavy atom. The number of amides is 1. The van der Waals surface area contributed by atoms with Crippen LogP contribution in [0.15, 0.2) is 77.7 Å². The van der Waals surface area contributed by atoms with E-state index in [2.05, 4.69) is 21.0 Å². The van der Waals surface area contributed by atoms with E-state index >= 15 is 0 Å². The molecule has 2 N–H and O–H groups in total. The SMILES string of the molecule is CC(C)(C)NS(=O)(=O)c1ccccc1-c1ccc(NC(=O)C2CCCCN2c2cccc(C#N)c2)cc1. The molecule has 0 spiro atoms. The predicted molar refractivity (Wildman–Crippen MR) is 147 cm³/mol. The van der Waals surface area contributed by atoms with Gasteiger partial charge in [-0.3, -0.25) is 4.79 Å². The molecule has 1 amide bonds. The number of benzene rings is 3. The smallest absolute Gasteiger partial charge is 0.247 e. The Hall–Kier alpha value is -3.67. The van der Waals surface area contributed by atoms with E-state index in [1.165, 1.54) is 0 Å². The van der Waals surface area contributed by atoms with E-state index in [4.69, 9.17) is 0 Å². The van der Waals surface area contributed by atoms with Gasteiger partial charge in [-0.2, -0.15) is 5.26 Å². The van der Waals surface area contributed by atoms with Crippen molar-refractivity contribution in [2.45, 2.75) is 56.5 Å². The Labute approximate surface area is 219 Å². The number of carbonyl (C=O) groups excluding carboxylic acids is 1. The normalized spacial score (nSPS) is 16.2. The van der Waals surface area contributed by atoms with Gasteiger partial charge in [0.2, 0.25) is 15.9 Å². The summed E-state index contributed by atoms with van der Waals surface area (Å²) < 4.78 is 28.8. The van der Waals surface area contributed by atoms with Gasteiger partial charge in [-0.1, -0.05) is 36.4 Å². The molecular formula is C29H32N4O3S. The number of anilines is 2. The monoisotopic (exact) mass is 516 g/mol. The van der Waals surface area contributed by atoms with E-state index in [1.54, 1.807) is 63.2 Å². The molecule has 3 aromatic carbocycles. The second kappa shape index (κ2) is 10.8. The number of hydrogen-bond donors (Lipinski definition) is 2. The molecule has 0 radical (unpaired) electrons. The first-order chi connectivity index (χ1) is 17.6. The van der Waals surface area contributed by atoms with Crippen LogP contribution in [0.5, 0.6) is 0 Å². The molecule has 1 aliphatic heterocycles. The Kier molecular flexibility index (Phi) is 7.67. The first kappa shape index (κ1) is 26.4. The number of rotatable bonds is 6. The van der Waals surface area contributed by atoms with Gasteiger partial charge in [0.05, 0.1) is 16.5 Å². The number of nitriles is 1. The molecule has 1 fully saturated rings. The van der Waals surface area contributed by atoms with Crippen molar-refractivity contribution in [1.82, 2.24) is 4.72 Å². The van der Waals surface area contributed by atoms with Crippen molar-refractivity contribution in [3.63, 3.8) is 0 Å². The topological polar surface area (TPSA) is 102 Å². The Morgan fingerprint density at radius 3 is 2.43 bits per heavy atom. The number of carbonyl (C=O) groups is 1. The van der Waals surface area contributed by atoms with Gasteiger partial charge in [0, 0.05) is 29.0 Å². The van der Waals surface area contributed by atoms with Crippen LogP contribution in [0.2, 0.25) is 0 Å². The van der Waals surface area contributed by atoms with E-state index in [0.29, 0.717) is 16.8 Å². The molecule has 1 saturated heterocycles. The van der Waals surface area contributed by atoms with Gasteiger partial charge in [0.15, 0.2) is 0 Å². The first-order valence-corrected chi connectivity index (χ1v) is 13.9. The molecule has 4 rings (SSSR count). The fourth-order valence-corrected chi connectivity index (χ4v) is 6.27. The Balaban J connectivity index is 1.54. The van der Waals surface area contributed by atoms with Crippen LogP contribution in [-0.4, -0.2) is 32.5 Å². The minimum Gasteiger partial charge on any atom is -0.359 e. The van der Waals surface area contributed by atoms with Gasteiger partial charge in [-0.15, -0.1) is 0 Å². The van der Waals surface area contributed by atoms with Crippen LogP contribution in [0, 0.1) is 11.3 Å². The lowest BCUT2D eigenvalue weighted by atomic mass is 9.99. The molecule has 0 aliphatic carbocycles. The summed E-state index contributed by atoms with van der Waals surface area (Å²) in [5.74, 6) is -0.104. The summed E-state index contributed by atoms with van der Waals surface area (Å²) >= 11 is 0. The van der Waals surface area contributed by atoms with Gasteiger partial charge < -0.3 is 10.2 Å². The Bertz CT molecular complexity index is 1420. The van der Waals surface area contributed by atoms with Gasteiger partial charge in [-0.05, 0) is 82.0 Å². The van der Waals surface area contributed by atoms with E-state index in [0.717, 1.165) is 37.1 Å². The maximum Gasteiger partial charge on any atom is 0.247 e. The van der Waals surface area contributed by atoms with Crippen molar-refractivity contribution in [3.8, 4) is 17.2 Å². The number of piperidine rings is 1. The highest BCUT2D eigenvalue weighted by molar-refractivity contribution is 7.89. The fraction of sp³-hybridized carbons (Fsp3) is 0.310. The highest BCUT2D eigenvalue weighted by Crippen LogP contribution is 2.30. The van der Waals surface area contributed by atoms with Crippen molar-refractivity contribution in [3.05, 3.63) is 78.4 Å². The zero-order valence-electron chi connectivity index (χ0n) is 21.4. The fourth-order valence-electron chi connectivity index (χ4n) is 4.62. The first-order valence-electron chi connectivity index (χ1n) is 12.4. The summed E-state index contributed by atoms with van der Waals surface area (Å²) in [5, 5.41) is 12.3. The number of sulfonamides is 1. The largest absolute Gasteiger partial charge is 0.359 e. The maximum absolute atomic E-state index is 13.3. The van der Waals surface area contributed by atoms with E-state index in [9.17, 15) is 18.5 Å². The van der Waals surface area contributed by atoms with Crippen LogP contribution in [0.1, 0.15) is 45.6 Å². The molecule has 0 bridgehead atoms. The molecule has 0 aromatic heterocycles. The summed E-state index contributed by atoms with van der Waals surface area (Å²) in [7, 11) is -3.72. The highest BCUT2D eigenvalue weighted by Gasteiger charge is 2.29. The van der Waals surface area contributed by atoms with Crippen molar-refractivity contribution in [2.75, 3.05) is 16.8 Å². The third kappa shape index (κ3) is 6.37. The maximum atomic E-state index is 13.3. The third-order valence-corrected chi connectivity index (χ3v) is 8.01. The van der Waals surface area contributed by atoms with Gasteiger partial charge in [0.25, 0.3) is 0 Å². The molecule has 1 aliphatic rings. The van der Waals surface area contributed by atoms with Gasteiger partial charge in [0.1, 0.15) is 6.04 Å². The van der Waals surface area contributed by atoms with Crippen molar-refractivity contribution in [2.24, 2.45) is 0 Å². The van der Waals surface area contributed by atoms with Gasteiger partial charge in [-0.25, -0.2) is 13.1 Å². The zero-order valence-corrected chi connectivity index (χ0v) is 22.2. The quantitative estimate of drug-likeness (QED) is 0.463. The van der Waals surface area contributed by atoms with Crippen molar-refractivity contribution < 1.29 is 13.2 Å². The molecular weight excluding hydrogens is 484 g/mol. The van der Waals surface area contributed by atoms with Crippen LogP contribution in [0.3, 0.4) is 0 Å². The predicted octanol–water partition coefficient (Wildman–Crippen LogP) is 5.30. The summed E-state index contributed by atoms with van der Waals surface area (Å²) in [6, 6.07) is 23.3. The summed E-state index contributed by atoms with van der Waals surface area (Å²) in [4.78, 5) is 15.5. The van der Waals surface area contributed by atoms with Crippen molar-refractivity contribution >= 4 is 27.3 Å². The number of nitrogens with zero attached hydrogens (tertiary/aromatic N) is 2. The van der Waals surface area contributed by atoms with Crippen LogP contribution >= 0.6 is 0 Å². The lowest BCUT2D eigenvalue weighted by molar-refractivity contribution is -0.117. The Morgan fingerprint density at radius 1 is 1.00 bits per heavy atom. The molecule has 192 valence electrons. The summed E-state index contributed by atoms with van der Waals surface area (Å²) in [5.41, 5.74) is 2.80. The average Bonchev–Trinajstić information content (AvgIpc) is 2.88. The van der Waals surface area contributed by atoms with Gasteiger partial charge >= 0.3 is 0 Å². The number of hydrogen-bond acceptors (Lipinski definition) is 5. The van der Waals surface area contributed by atoms with Crippen molar-refractivity contribution in [1.29, 1.82) is 5.26 Å². The molecule has 7 nitrogen and oxygen atoms in total. The average molecular weight is 517 g/mol. The van der Waals surface area contributed by atoms with E-state index < -0.39 is 15.6 Å². The zero-order chi connectivity index (χ0) is 26.6. The molecule has 1 unspecified atom stereocenters. The highest BCUT2D eigenvalue weighted by atomic mass is 32.2. The molecule has 37 heavy (non-hydrogen) atoms. The third-order valence-electron chi connectivity index (χ3n) is 6.19. The van der Waals surface area contributed by atoms with Crippen LogP contribution in [0.4, 0.5) is 11.4 Å². The molecule has 8 heteroatoms. The molecule has 1 heterocycles. The van der Waals surface area contributed by atoms with E-state index in [-0.39, 0.29) is 16.8 Å². The van der Waals surface area contributed by atoms with E-state index in [1.807, 2.05) is 30.3 Å². The summed E-state index contributed by atoms with van der Waals surface area (Å²) in [6.07, 6.45) is 2.67. The lowest BCUT2D eigenvalue weighted by Gasteiger charge is -2.36. The lowest BCUT2D eigenvalue weighted by Crippen LogP contribution is -2.47. The minimum absolute atomic E-state index is 0.104. The summed E-state index contributed by atoms with van der Waals surface area (Å²) in [6.45, 7) is 6.16.